The van der Waals surface area contributed by atoms with Crippen molar-refractivity contribution in [3.8, 4) is 0 Å². The van der Waals surface area contributed by atoms with Gasteiger partial charge in [-0.25, -0.2) is 0 Å². The second-order valence-corrected chi connectivity index (χ2v) is 4.40. The van der Waals surface area contributed by atoms with E-state index >= 15 is 0 Å². The maximum Gasteiger partial charge on any atom is 0.416 e. The maximum absolute atomic E-state index is 12.7. The smallest absolute Gasteiger partial charge is 0.166 e. The number of rotatable bonds is 1. The van der Waals surface area contributed by atoms with Gasteiger partial charge in [-0.05, 0) is 41.2 Å². The van der Waals surface area contributed by atoms with Crippen LogP contribution in [0.1, 0.15) is 42.0 Å². The lowest BCUT2D eigenvalue weighted by Gasteiger charge is -2.15. The molecule has 0 spiro atoms. The van der Waals surface area contributed by atoms with Gasteiger partial charge < -0.3 is 0 Å². The number of alkyl halides is 3. The lowest BCUT2D eigenvalue weighted by molar-refractivity contribution is -0.137. The summed E-state index contributed by atoms with van der Waals surface area (Å²) >= 11 is 0. The van der Waals surface area contributed by atoms with Crippen LogP contribution in [-0.2, 0) is 12.6 Å². The number of halogens is 3. The highest BCUT2D eigenvalue weighted by Gasteiger charge is 2.32. The van der Waals surface area contributed by atoms with Crippen LogP contribution in [0.4, 0.5) is 13.2 Å². The molecule has 0 unspecified atom stereocenters. The molecular formula is C13H13F3. The van der Waals surface area contributed by atoms with Crippen LogP contribution < -0.4 is 0 Å². The summed E-state index contributed by atoms with van der Waals surface area (Å²) in [7, 11) is 0. The summed E-state index contributed by atoms with van der Waals surface area (Å²) in [6.45, 7) is 3.84. The van der Waals surface area contributed by atoms with Gasteiger partial charge in [-0.1, -0.05) is 26.0 Å². The molecule has 0 heterocycles. The largest absolute Gasteiger partial charge is 0.416 e. The summed E-state index contributed by atoms with van der Waals surface area (Å²) in [4.78, 5) is 0. The Balaban J connectivity index is 2.59. The van der Waals surface area contributed by atoms with Crippen LogP contribution >= 0.6 is 0 Å². The number of hydrogen-bond donors (Lipinski definition) is 0. The molecule has 1 aliphatic rings. The zero-order valence-electron chi connectivity index (χ0n) is 9.23. The van der Waals surface area contributed by atoms with Crippen molar-refractivity contribution in [2.24, 2.45) is 0 Å². The van der Waals surface area contributed by atoms with Crippen molar-refractivity contribution < 1.29 is 13.2 Å². The molecule has 0 atom stereocenters. The maximum atomic E-state index is 12.7. The first kappa shape index (κ1) is 11.2. The fourth-order valence-corrected chi connectivity index (χ4v) is 2.06. The van der Waals surface area contributed by atoms with Gasteiger partial charge >= 0.3 is 6.18 Å². The van der Waals surface area contributed by atoms with E-state index in [0.29, 0.717) is 6.42 Å². The first-order chi connectivity index (χ1) is 7.39. The van der Waals surface area contributed by atoms with Gasteiger partial charge in [-0.3, -0.25) is 0 Å². The highest BCUT2D eigenvalue weighted by Crippen LogP contribution is 2.36. The van der Waals surface area contributed by atoms with Crippen LogP contribution in [0.2, 0.25) is 0 Å². The normalized spacial score (nSPS) is 14.6. The molecule has 0 fully saturated rings. The van der Waals surface area contributed by atoms with Crippen LogP contribution in [0.25, 0.3) is 6.08 Å². The number of allylic oxidation sites excluding steroid dienone is 1. The van der Waals surface area contributed by atoms with E-state index in [9.17, 15) is 13.2 Å². The average molecular weight is 226 g/mol. The van der Waals surface area contributed by atoms with Gasteiger partial charge in [0, 0.05) is 0 Å². The van der Waals surface area contributed by atoms with Crippen molar-refractivity contribution in [2.75, 3.05) is 0 Å². The van der Waals surface area contributed by atoms with Crippen molar-refractivity contribution in [2.45, 2.75) is 32.4 Å². The lowest BCUT2D eigenvalue weighted by Crippen LogP contribution is -2.08. The van der Waals surface area contributed by atoms with Gasteiger partial charge in [-0.15, -0.1) is 0 Å². The van der Waals surface area contributed by atoms with Gasteiger partial charge in [0.25, 0.3) is 0 Å². The predicted molar refractivity (Wildman–Crippen MR) is 58.3 cm³/mol. The van der Waals surface area contributed by atoms with E-state index < -0.39 is 11.7 Å². The first-order valence-corrected chi connectivity index (χ1v) is 5.30. The standard InChI is InChI=1S/C13H13F3/c1-8(2)12-7-10(13(14,15)16)6-9-4-3-5-11(9)12/h3,5-8H,4H2,1-2H3. The molecule has 2 rings (SSSR count). The van der Waals surface area contributed by atoms with Gasteiger partial charge in [0.05, 0.1) is 5.56 Å². The highest BCUT2D eigenvalue weighted by molar-refractivity contribution is 5.65. The molecule has 0 saturated carbocycles. The molecule has 1 aromatic rings. The zero-order chi connectivity index (χ0) is 11.9. The summed E-state index contributed by atoms with van der Waals surface area (Å²) in [5, 5.41) is 0. The summed E-state index contributed by atoms with van der Waals surface area (Å²) in [6, 6.07) is 2.54. The molecule has 0 aliphatic heterocycles. The van der Waals surface area contributed by atoms with Gasteiger partial charge in [0.1, 0.15) is 0 Å². The molecule has 3 heteroatoms. The highest BCUT2D eigenvalue weighted by atomic mass is 19.4. The zero-order valence-corrected chi connectivity index (χ0v) is 9.23. The number of benzene rings is 1. The molecular weight excluding hydrogens is 213 g/mol. The lowest BCUT2D eigenvalue weighted by atomic mass is 9.92. The second-order valence-electron chi connectivity index (χ2n) is 4.40. The molecule has 1 aliphatic carbocycles. The summed E-state index contributed by atoms with van der Waals surface area (Å²) in [6.07, 6.45) is 0.196. The summed E-state index contributed by atoms with van der Waals surface area (Å²) in [5.74, 6) is 0.110. The molecule has 0 bridgehead atoms. The van der Waals surface area contributed by atoms with Crippen molar-refractivity contribution in [1.29, 1.82) is 0 Å². The van der Waals surface area contributed by atoms with E-state index in [-0.39, 0.29) is 5.92 Å². The van der Waals surface area contributed by atoms with Crippen LogP contribution in [0.15, 0.2) is 18.2 Å². The van der Waals surface area contributed by atoms with Crippen LogP contribution in [0, 0.1) is 0 Å². The topological polar surface area (TPSA) is 0 Å². The van der Waals surface area contributed by atoms with E-state index in [0.717, 1.165) is 16.7 Å². The fourth-order valence-electron chi connectivity index (χ4n) is 2.06. The SMILES string of the molecule is CC(C)c1cc(C(F)(F)F)cc2c1C=CC2. The number of fused-ring (bicyclic) bond motifs is 1. The molecule has 0 aromatic heterocycles. The van der Waals surface area contributed by atoms with Crippen molar-refractivity contribution in [3.05, 3.63) is 40.5 Å². The van der Waals surface area contributed by atoms with E-state index in [4.69, 9.17) is 0 Å². The quantitative estimate of drug-likeness (QED) is 0.665. The first-order valence-electron chi connectivity index (χ1n) is 5.30. The Kier molecular flexibility index (Phi) is 2.56. The Hall–Kier alpha value is -1.25. The Morgan fingerprint density at radius 1 is 1.19 bits per heavy atom. The van der Waals surface area contributed by atoms with E-state index in [1.807, 2.05) is 26.0 Å². The third-order valence-electron chi connectivity index (χ3n) is 2.87. The van der Waals surface area contributed by atoms with E-state index in [2.05, 4.69) is 0 Å². The Morgan fingerprint density at radius 2 is 1.88 bits per heavy atom. The van der Waals surface area contributed by atoms with Crippen LogP contribution in [0.3, 0.4) is 0 Å². The molecule has 0 saturated heterocycles. The van der Waals surface area contributed by atoms with Crippen molar-refractivity contribution >= 4 is 6.08 Å². The minimum atomic E-state index is -4.25. The molecule has 0 N–H and O–H groups in total. The molecule has 1 aromatic carbocycles. The van der Waals surface area contributed by atoms with E-state index in [1.54, 1.807) is 0 Å². The number of hydrogen-bond acceptors (Lipinski definition) is 0. The van der Waals surface area contributed by atoms with Crippen LogP contribution in [0.5, 0.6) is 0 Å². The third-order valence-corrected chi connectivity index (χ3v) is 2.87. The second kappa shape index (κ2) is 3.65. The molecule has 0 amide bonds. The fraction of sp³-hybridized carbons (Fsp3) is 0.385. The van der Waals surface area contributed by atoms with Crippen molar-refractivity contribution in [3.63, 3.8) is 0 Å². The average Bonchev–Trinajstić information content (AvgIpc) is 2.61. The Labute approximate surface area is 92.8 Å². The van der Waals surface area contributed by atoms with Gasteiger partial charge in [0.2, 0.25) is 0 Å². The van der Waals surface area contributed by atoms with E-state index in [1.165, 1.54) is 12.1 Å². The molecule has 16 heavy (non-hydrogen) atoms. The van der Waals surface area contributed by atoms with Crippen LogP contribution in [-0.4, -0.2) is 0 Å². The molecule has 0 nitrogen and oxygen atoms in total. The minimum absolute atomic E-state index is 0.110. The summed E-state index contributed by atoms with van der Waals surface area (Å²) in [5.41, 5.74) is 2.03. The minimum Gasteiger partial charge on any atom is -0.166 e. The Bertz CT molecular complexity index is 439. The summed E-state index contributed by atoms with van der Waals surface area (Å²) < 4.78 is 38.0. The molecule has 86 valence electrons. The predicted octanol–water partition coefficient (Wildman–Crippen LogP) is 4.40. The third kappa shape index (κ3) is 1.86. The monoisotopic (exact) mass is 226 g/mol. The van der Waals surface area contributed by atoms with Gasteiger partial charge in [-0.2, -0.15) is 13.2 Å². The Morgan fingerprint density at radius 3 is 2.44 bits per heavy atom. The van der Waals surface area contributed by atoms with Gasteiger partial charge in [0.15, 0.2) is 0 Å². The van der Waals surface area contributed by atoms with Crippen molar-refractivity contribution in [1.82, 2.24) is 0 Å². The molecule has 0 radical (unpaired) electrons.